The fraction of sp³-hybridized carbons (Fsp3) is 0.455. The van der Waals surface area contributed by atoms with Crippen LogP contribution in [0.5, 0.6) is 0 Å². The normalized spacial score (nSPS) is 11.6. The van der Waals surface area contributed by atoms with Crippen LogP contribution in [0.25, 0.3) is 0 Å². The van der Waals surface area contributed by atoms with Gasteiger partial charge in [0.1, 0.15) is 17.6 Å². The second-order valence-electron chi connectivity index (χ2n) is 7.01. The Morgan fingerprint density at radius 1 is 0.971 bits per heavy atom. The monoisotopic (exact) mass is 496 g/mol. The highest BCUT2D eigenvalue weighted by atomic mass is 19.4. The van der Waals surface area contributed by atoms with Gasteiger partial charge in [-0.05, 0) is 19.1 Å². The Morgan fingerprint density at radius 2 is 1.57 bits per heavy atom. The fourth-order valence-electron chi connectivity index (χ4n) is 2.93. The number of nitriles is 1. The first-order valence-corrected chi connectivity index (χ1v) is 10.7. The second-order valence-corrected chi connectivity index (χ2v) is 7.01. The largest absolute Gasteiger partial charge is 0.418 e. The second kappa shape index (κ2) is 14.2. The molecule has 0 fully saturated rings. The van der Waals surface area contributed by atoms with Gasteiger partial charge in [-0.2, -0.15) is 18.4 Å². The minimum Gasteiger partial charge on any atom is -0.394 e. The van der Waals surface area contributed by atoms with E-state index >= 15 is 0 Å². The van der Waals surface area contributed by atoms with E-state index in [9.17, 15) is 18.4 Å². The summed E-state index contributed by atoms with van der Waals surface area (Å²) in [7, 11) is 0. The average molecular weight is 496 g/mol. The van der Waals surface area contributed by atoms with E-state index < -0.39 is 11.7 Å². The molecule has 4 N–H and O–H groups in total. The summed E-state index contributed by atoms with van der Waals surface area (Å²) in [6.07, 6.45) is -4.61. The van der Waals surface area contributed by atoms with Gasteiger partial charge in [0.25, 0.3) is 0 Å². The quantitative estimate of drug-likeness (QED) is 0.230. The first kappa shape index (κ1) is 27.9. The van der Waals surface area contributed by atoms with Gasteiger partial charge in [-0.3, -0.25) is 0 Å². The van der Waals surface area contributed by atoms with E-state index in [1.54, 1.807) is 6.92 Å². The Labute approximate surface area is 200 Å². The minimum absolute atomic E-state index is 0.0998. The van der Waals surface area contributed by atoms with Gasteiger partial charge in [0.05, 0.1) is 56.5 Å². The third-order valence-corrected chi connectivity index (χ3v) is 4.54. The van der Waals surface area contributed by atoms with E-state index in [2.05, 4.69) is 25.8 Å². The molecule has 13 heteroatoms. The Kier molecular flexibility index (Phi) is 11.3. The SMILES string of the molecule is Cc1c(C#N)c(NCCOCCO)nc(NCCOCCO)c1N=Nc1ccccc1C(F)(F)F. The molecule has 1 aromatic carbocycles. The number of anilines is 2. The zero-order valence-corrected chi connectivity index (χ0v) is 19.1. The average Bonchev–Trinajstić information content (AvgIpc) is 2.83. The van der Waals surface area contributed by atoms with E-state index in [1.807, 2.05) is 6.07 Å². The number of hydrogen-bond donors (Lipinski definition) is 4. The number of aromatic nitrogens is 1. The number of alkyl halides is 3. The number of halogens is 3. The van der Waals surface area contributed by atoms with E-state index in [0.717, 1.165) is 6.07 Å². The van der Waals surface area contributed by atoms with Gasteiger partial charge in [0.15, 0.2) is 5.82 Å². The van der Waals surface area contributed by atoms with Crippen LogP contribution in [0.2, 0.25) is 0 Å². The number of benzene rings is 1. The predicted octanol–water partition coefficient (Wildman–Crippen LogP) is 3.54. The van der Waals surface area contributed by atoms with Crippen molar-refractivity contribution in [2.45, 2.75) is 13.1 Å². The number of pyridine rings is 1. The molecule has 0 bridgehead atoms. The molecular weight excluding hydrogens is 469 g/mol. The Balaban J connectivity index is 2.40. The number of rotatable bonds is 14. The zero-order chi connectivity index (χ0) is 25.7. The lowest BCUT2D eigenvalue weighted by Crippen LogP contribution is -2.16. The van der Waals surface area contributed by atoms with Crippen LogP contribution < -0.4 is 10.6 Å². The minimum atomic E-state index is -4.61. The molecule has 190 valence electrons. The highest BCUT2D eigenvalue weighted by Gasteiger charge is 2.33. The summed E-state index contributed by atoms with van der Waals surface area (Å²) < 4.78 is 50.4. The molecule has 1 aromatic heterocycles. The molecule has 0 aliphatic heterocycles. The summed E-state index contributed by atoms with van der Waals surface area (Å²) in [5, 5.41) is 41.1. The highest BCUT2D eigenvalue weighted by Crippen LogP contribution is 2.38. The Morgan fingerprint density at radius 3 is 2.14 bits per heavy atom. The van der Waals surface area contributed by atoms with Crippen molar-refractivity contribution in [2.75, 3.05) is 63.4 Å². The number of hydrogen-bond acceptors (Lipinski definition) is 10. The fourth-order valence-corrected chi connectivity index (χ4v) is 2.93. The van der Waals surface area contributed by atoms with Crippen LogP contribution in [-0.4, -0.2) is 67.9 Å². The molecule has 10 nitrogen and oxygen atoms in total. The van der Waals surface area contributed by atoms with Crippen molar-refractivity contribution in [3.63, 3.8) is 0 Å². The summed E-state index contributed by atoms with van der Waals surface area (Å²) in [6.45, 7) is 2.64. The maximum absolute atomic E-state index is 13.3. The van der Waals surface area contributed by atoms with Crippen molar-refractivity contribution in [1.82, 2.24) is 4.98 Å². The molecular formula is C22H27F3N6O4. The van der Waals surface area contributed by atoms with Crippen LogP contribution in [-0.2, 0) is 15.7 Å². The van der Waals surface area contributed by atoms with Crippen LogP contribution in [0.15, 0.2) is 34.5 Å². The van der Waals surface area contributed by atoms with Crippen molar-refractivity contribution in [3.05, 3.63) is 41.0 Å². The Bertz CT molecular complexity index is 1030. The molecule has 0 saturated carbocycles. The van der Waals surface area contributed by atoms with Gasteiger partial charge in [0, 0.05) is 18.7 Å². The van der Waals surface area contributed by atoms with Crippen molar-refractivity contribution in [2.24, 2.45) is 10.2 Å². The standard InChI is InChI=1S/C22H27F3N6O4/c1-15-16(14-26)20(27-6-10-34-12-8-32)29-21(28-7-11-35-13-9-33)19(15)31-30-18-5-3-2-4-17(18)22(23,24)25/h2-5,32-33H,6-13H2,1H3,(H2,27,28,29). The molecule has 0 radical (unpaired) electrons. The van der Waals surface area contributed by atoms with Gasteiger partial charge in [-0.25, -0.2) is 4.98 Å². The lowest BCUT2D eigenvalue weighted by molar-refractivity contribution is -0.137. The predicted molar refractivity (Wildman–Crippen MR) is 122 cm³/mol. The summed E-state index contributed by atoms with van der Waals surface area (Å²) in [6, 6.07) is 6.81. The molecule has 0 saturated heterocycles. The molecule has 0 aliphatic rings. The van der Waals surface area contributed by atoms with Crippen molar-refractivity contribution in [1.29, 1.82) is 5.26 Å². The molecule has 0 amide bonds. The summed E-state index contributed by atoms with van der Waals surface area (Å²) in [5.74, 6) is 0.409. The number of ether oxygens (including phenoxy) is 2. The maximum atomic E-state index is 13.3. The summed E-state index contributed by atoms with van der Waals surface area (Å²) >= 11 is 0. The first-order chi connectivity index (χ1) is 16.8. The number of nitrogens with one attached hydrogen (secondary N) is 2. The maximum Gasteiger partial charge on any atom is 0.418 e. The Hall–Kier alpha value is -3.31. The lowest BCUT2D eigenvalue weighted by atomic mass is 10.1. The van der Waals surface area contributed by atoms with Crippen LogP contribution in [0, 0.1) is 18.3 Å². The molecule has 2 aromatic rings. The number of azo groups is 1. The number of aliphatic hydroxyl groups excluding tert-OH is 2. The van der Waals surface area contributed by atoms with Crippen LogP contribution in [0.1, 0.15) is 16.7 Å². The van der Waals surface area contributed by atoms with E-state index in [-0.39, 0.29) is 74.8 Å². The topological polar surface area (TPSA) is 144 Å². The van der Waals surface area contributed by atoms with Gasteiger partial charge in [0.2, 0.25) is 0 Å². The lowest BCUT2D eigenvalue weighted by Gasteiger charge is -2.16. The van der Waals surface area contributed by atoms with Crippen LogP contribution in [0.4, 0.5) is 36.2 Å². The third-order valence-electron chi connectivity index (χ3n) is 4.54. The van der Waals surface area contributed by atoms with Crippen molar-refractivity contribution < 1.29 is 32.9 Å². The molecule has 0 atom stereocenters. The molecule has 0 aliphatic carbocycles. The summed E-state index contributed by atoms with van der Waals surface area (Å²) in [5.41, 5.74) is -0.718. The molecule has 2 rings (SSSR count). The first-order valence-electron chi connectivity index (χ1n) is 10.7. The van der Waals surface area contributed by atoms with E-state index in [0.29, 0.717) is 12.1 Å². The van der Waals surface area contributed by atoms with E-state index in [1.165, 1.54) is 18.2 Å². The zero-order valence-electron chi connectivity index (χ0n) is 19.1. The van der Waals surface area contributed by atoms with Crippen molar-refractivity contribution in [3.8, 4) is 6.07 Å². The van der Waals surface area contributed by atoms with Gasteiger partial charge in [-0.15, -0.1) is 10.2 Å². The molecule has 0 unspecified atom stereocenters. The van der Waals surface area contributed by atoms with Crippen molar-refractivity contribution >= 4 is 23.0 Å². The van der Waals surface area contributed by atoms with Crippen LogP contribution in [0.3, 0.4) is 0 Å². The van der Waals surface area contributed by atoms with Crippen LogP contribution >= 0.6 is 0 Å². The van der Waals surface area contributed by atoms with Gasteiger partial charge < -0.3 is 30.3 Å². The molecule has 35 heavy (non-hydrogen) atoms. The van der Waals surface area contributed by atoms with E-state index in [4.69, 9.17) is 19.7 Å². The number of nitrogens with zero attached hydrogens (tertiary/aromatic N) is 4. The smallest absolute Gasteiger partial charge is 0.394 e. The third kappa shape index (κ3) is 8.45. The van der Waals surface area contributed by atoms with Gasteiger partial charge >= 0.3 is 6.18 Å². The van der Waals surface area contributed by atoms with Gasteiger partial charge in [-0.1, -0.05) is 12.1 Å². The number of aliphatic hydroxyl groups is 2. The highest BCUT2D eigenvalue weighted by molar-refractivity contribution is 5.74. The summed E-state index contributed by atoms with van der Waals surface area (Å²) in [4.78, 5) is 4.39. The molecule has 0 spiro atoms. The molecule has 1 heterocycles.